The van der Waals surface area contributed by atoms with Crippen LogP contribution in [0, 0.1) is 0 Å². The summed E-state index contributed by atoms with van der Waals surface area (Å²) in [6.45, 7) is 2.13. The summed E-state index contributed by atoms with van der Waals surface area (Å²) in [6.07, 6.45) is 1.20. The van der Waals surface area contributed by atoms with E-state index in [1.165, 1.54) is 0 Å². The predicted molar refractivity (Wildman–Crippen MR) is 68.1 cm³/mol. The first-order chi connectivity index (χ1) is 7.54. The molecule has 1 unspecified atom stereocenters. The van der Waals surface area contributed by atoms with E-state index >= 15 is 0 Å². The van der Waals surface area contributed by atoms with Gasteiger partial charge in [-0.3, -0.25) is 0 Å². The normalized spacial score (nSPS) is 12.0. The smallest absolute Gasteiger partial charge is 0.192 e. The molecule has 0 spiro atoms. The van der Waals surface area contributed by atoms with Crippen molar-refractivity contribution < 1.29 is 28.5 Å². The minimum absolute atomic E-state index is 0. The van der Waals surface area contributed by atoms with Crippen LogP contribution in [0.3, 0.4) is 0 Å². The fourth-order valence-corrected chi connectivity index (χ4v) is 1.47. The highest BCUT2D eigenvalue weighted by atomic mass is 127. The van der Waals surface area contributed by atoms with E-state index in [0.29, 0.717) is 0 Å². The van der Waals surface area contributed by atoms with Crippen molar-refractivity contribution in [3.8, 4) is 0 Å². The Kier molecular flexibility index (Phi) is 7.27. The lowest BCUT2D eigenvalue weighted by atomic mass is 10.3. The Labute approximate surface area is 121 Å². The van der Waals surface area contributed by atoms with E-state index in [4.69, 9.17) is 0 Å². The van der Waals surface area contributed by atoms with Crippen LogP contribution in [0.15, 0.2) is 40.3 Å². The second kappa shape index (κ2) is 7.58. The number of quaternary nitrogens is 1. The molecule has 1 aromatic carbocycles. The number of rotatable bonds is 4. The molecule has 3 nitrogen and oxygen atoms in total. The number of para-hydroxylation sites is 1. The Bertz CT molecular complexity index is 375. The maximum atomic E-state index is 4.36. The molecule has 0 aliphatic rings. The molecule has 1 aromatic rings. The Morgan fingerprint density at radius 2 is 1.76 bits per heavy atom. The molecule has 0 N–H and O–H groups in total. The highest BCUT2D eigenvalue weighted by Crippen LogP contribution is 2.10. The second-order valence-corrected chi connectivity index (χ2v) is 4.68. The summed E-state index contributed by atoms with van der Waals surface area (Å²) < 4.78 is 0.799. The van der Waals surface area contributed by atoms with Crippen LogP contribution in [-0.2, 0) is 0 Å². The highest BCUT2D eigenvalue weighted by molar-refractivity contribution is 5.52. The Balaban J connectivity index is 0.00000256. The van der Waals surface area contributed by atoms with Gasteiger partial charge in [0.15, 0.2) is 6.17 Å². The van der Waals surface area contributed by atoms with Crippen molar-refractivity contribution in [2.45, 2.75) is 19.5 Å². The van der Waals surface area contributed by atoms with E-state index in [2.05, 4.69) is 44.1 Å². The predicted octanol–water partition coefficient (Wildman–Crippen LogP) is -0.0617. The molecule has 0 amide bonds. The maximum absolute atomic E-state index is 4.36. The lowest BCUT2D eigenvalue weighted by molar-refractivity contribution is -0.895. The molecule has 1 atom stereocenters. The largest absolute Gasteiger partial charge is 1.00 e. The molecular weight excluding hydrogens is 325 g/mol. The van der Waals surface area contributed by atoms with Gasteiger partial charge in [-0.05, 0) is 12.1 Å². The van der Waals surface area contributed by atoms with Crippen molar-refractivity contribution in [3.63, 3.8) is 0 Å². The molecule has 94 valence electrons. The van der Waals surface area contributed by atoms with Crippen LogP contribution in [0.25, 0.3) is 0 Å². The molecule has 0 aliphatic heterocycles. The van der Waals surface area contributed by atoms with Crippen LogP contribution in [-0.4, -0.2) is 37.8 Å². The van der Waals surface area contributed by atoms with E-state index < -0.39 is 0 Å². The summed E-state index contributed by atoms with van der Waals surface area (Å²) in [7, 11) is 6.38. The van der Waals surface area contributed by atoms with Crippen LogP contribution in [0.1, 0.15) is 13.3 Å². The van der Waals surface area contributed by atoms with Gasteiger partial charge in [0, 0.05) is 6.42 Å². The molecule has 17 heavy (non-hydrogen) atoms. The molecule has 0 bridgehead atoms. The first kappa shape index (κ1) is 16.3. The third kappa shape index (κ3) is 5.96. The Morgan fingerprint density at radius 1 is 1.18 bits per heavy atom. The van der Waals surface area contributed by atoms with Crippen LogP contribution < -0.4 is 24.0 Å². The zero-order valence-electron chi connectivity index (χ0n) is 10.9. The van der Waals surface area contributed by atoms with Crippen LogP contribution in [0.2, 0.25) is 0 Å². The van der Waals surface area contributed by atoms with Gasteiger partial charge >= 0.3 is 0 Å². The molecular formula is C13H20IN3. The Morgan fingerprint density at radius 3 is 2.24 bits per heavy atom. The van der Waals surface area contributed by atoms with Gasteiger partial charge in [-0.2, -0.15) is 9.98 Å². The van der Waals surface area contributed by atoms with Crippen molar-refractivity contribution in [2.24, 2.45) is 9.98 Å². The van der Waals surface area contributed by atoms with Crippen molar-refractivity contribution in [1.82, 2.24) is 0 Å². The molecule has 0 fully saturated rings. The minimum Gasteiger partial charge on any atom is -1.00 e. The van der Waals surface area contributed by atoms with Crippen LogP contribution in [0.4, 0.5) is 5.69 Å². The monoisotopic (exact) mass is 345 g/mol. The fraction of sp³-hybridized carbons (Fsp3) is 0.462. The van der Waals surface area contributed by atoms with E-state index in [-0.39, 0.29) is 30.1 Å². The summed E-state index contributed by atoms with van der Waals surface area (Å²) in [6, 6.07) is 12.6. The van der Waals surface area contributed by atoms with Crippen LogP contribution >= 0.6 is 0 Å². The number of hydrogen-bond acceptors (Lipinski definition) is 2. The van der Waals surface area contributed by atoms with Crippen molar-refractivity contribution >= 4 is 11.7 Å². The van der Waals surface area contributed by atoms with Crippen LogP contribution in [0.5, 0.6) is 0 Å². The topological polar surface area (TPSA) is 24.7 Å². The van der Waals surface area contributed by atoms with Gasteiger partial charge in [-0.1, -0.05) is 25.1 Å². The molecule has 0 saturated heterocycles. The minimum atomic E-state index is 0. The van der Waals surface area contributed by atoms with Gasteiger partial charge in [-0.15, -0.1) is 0 Å². The molecule has 0 radical (unpaired) electrons. The van der Waals surface area contributed by atoms with Gasteiger partial charge in [0.05, 0.1) is 26.8 Å². The van der Waals surface area contributed by atoms with Gasteiger partial charge < -0.3 is 28.5 Å². The highest BCUT2D eigenvalue weighted by Gasteiger charge is 2.19. The number of aliphatic imine (C=N–C) groups is 2. The van der Waals surface area contributed by atoms with Gasteiger partial charge in [0.1, 0.15) is 6.01 Å². The van der Waals surface area contributed by atoms with Gasteiger partial charge in [-0.25, -0.2) is 0 Å². The van der Waals surface area contributed by atoms with Gasteiger partial charge in [0.2, 0.25) is 0 Å². The number of halogens is 1. The zero-order chi connectivity index (χ0) is 12.0. The standard InChI is InChI=1S/C13H20N3.HI/c1-5-13(16(2,3)4)15-11-14-12-9-7-6-8-10-12;/h6-10,13H,5H2,1-4H3;1H/q+1;/p-1. The number of nitrogens with zero attached hydrogens (tertiary/aromatic N) is 3. The summed E-state index contributed by atoms with van der Waals surface area (Å²) in [5, 5.41) is 0. The van der Waals surface area contributed by atoms with Crippen molar-refractivity contribution in [1.29, 1.82) is 0 Å². The number of hydrogen-bond donors (Lipinski definition) is 0. The zero-order valence-corrected chi connectivity index (χ0v) is 13.0. The molecule has 0 aromatic heterocycles. The molecule has 0 heterocycles. The summed E-state index contributed by atoms with van der Waals surface area (Å²) in [5.74, 6) is 0. The van der Waals surface area contributed by atoms with Crippen molar-refractivity contribution in [3.05, 3.63) is 30.3 Å². The lowest BCUT2D eigenvalue weighted by Gasteiger charge is -2.29. The average molecular weight is 345 g/mol. The Hall–Kier alpha value is -0.710. The van der Waals surface area contributed by atoms with E-state index in [1.54, 1.807) is 0 Å². The van der Waals surface area contributed by atoms with Crippen molar-refractivity contribution in [2.75, 3.05) is 21.1 Å². The third-order valence-electron chi connectivity index (χ3n) is 2.40. The molecule has 0 saturated carbocycles. The van der Waals surface area contributed by atoms with E-state index in [1.807, 2.05) is 30.3 Å². The van der Waals surface area contributed by atoms with Gasteiger partial charge in [0.25, 0.3) is 0 Å². The average Bonchev–Trinajstić information content (AvgIpc) is 2.24. The third-order valence-corrected chi connectivity index (χ3v) is 2.40. The fourth-order valence-electron chi connectivity index (χ4n) is 1.47. The molecule has 4 heteroatoms. The van der Waals surface area contributed by atoms with E-state index in [9.17, 15) is 0 Å². The number of benzene rings is 1. The first-order valence-electron chi connectivity index (χ1n) is 5.55. The summed E-state index contributed by atoms with van der Waals surface area (Å²) in [5.41, 5.74) is 0.891. The maximum Gasteiger partial charge on any atom is 0.192 e. The first-order valence-corrected chi connectivity index (χ1v) is 5.55. The summed E-state index contributed by atoms with van der Waals surface area (Å²) in [4.78, 5) is 8.55. The molecule has 0 aliphatic carbocycles. The lowest BCUT2D eigenvalue weighted by Crippen LogP contribution is -3.00. The molecule has 1 rings (SSSR count). The quantitative estimate of drug-likeness (QED) is 0.415. The SMILES string of the molecule is CCC(N=C=Nc1ccccc1)[N+](C)(C)C.[I-]. The van der Waals surface area contributed by atoms with E-state index in [0.717, 1.165) is 16.6 Å². The second-order valence-electron chi connectivity index (χ2n) is 4.68. The summed E-state index contributed by atoms with van der Waals surface area (Å²) >= 11 is 0.